The minimum absolute atomic E-state index is 0.0499. The highest BCUT2D eigenvalue weighted by Gasteiger charge is 2.21. The second kappa shape index (κ2) is 8.34. The van der Waals surface area contributed by atoms with Gasteiger partial charge in [-0.1, -0.05) is 0 Å². The van der Waals surface area contributed by atoms with E-state index in [9.17, 15) is 18.0 Å². The first-order valence-corrected chi connectivity index (χ1v) is 10.9. The van der Waals surface area contributed by atoms with Crippen LogP contribution in [-0.2, 0) is 28.9 Å². The van der Waals surface area contributed by atoms with Crippen LogP contribution >= 0.6 is 0 Å². The molecular weight excluding hydrogens is 424 g/mol. The van der Waals surface area contributed by atoms with Crippen LogP contribution < -0.4 is 20.5 Å². The van der Waals surface area contributed by atoms with Gasteiger partial charge in [-0.2, -0.15) is 0 Å². The fourth-order valence-corrected chi connectivity index (χ4v) is 4.56. The van der Waals surface area contributed by atoms with Crippen molar-refractivity contribution in [1.29, 1.82) is 0 Å². The van der Waals surface area contributed by atoms with Gasteiger partial charge in [-0.05, 0) is 43.7 Å². The zero-order valence-electron chi connectivity index (χ0n) is 17.8. The van der Waals surface area contributed by atoms with Crippen LogP contribution in [-0.4, -0.2) is 37.4 Å². The van der Waals surface area contributed by atoms with Gasteiger partial charge in [-0.15, -0.1) is 0 Å². The Morgan fingerprint density at radius 3 is 2.35 bits per heavy atom. The van der Waals surface area contributed by atoms with E-state index in [1.807, 2.05) is 0 Å². The first kappa shape index (κ1) is 22.2. The molecule has 166 valence electrons. The Kier molecular flexibility index (Phi) is 5.98. The molecule has 0 radical (unpaired) electrons. The number of hydrogen-bond donors (Lipinski definition) is 2. The van der Waals surface area contributed by atoms with Crippen molar-refractivity contribution in [2.24, 2.45) is 14.1 Å². The number of amides is 1. The van der Waals surface area contributed by atoms with Crippen LogP contribution in [0.3, 0.4) is 0 Å². The number of carbonyl (C=O) groups is 1. The summed E-state index contributed by atoms with van der Waals surface area (Å²) in [6.45, 7) is 3.56. The molecule has 1 aromatic heterocycles. The Hall–Kier alpha value is -3.47. The number of rotatable bonds is 6. The Bertz CT molecular complexity index is 1320. The van der Waals surface area contributed by atoms with Crippen molar-refractivity contribution >= 4 is 38.5 Å². The summed E-state index contributed by atoms with van der Waals surface area (Å²) in [5.74, 6) is 0.255. The van der Waals surface area contributed by atoms with E-state index in [2.05, 4.69) is 10.0 Å². The van der Waals surface area contributed by atoms with E-state index in [1.54, 1.807) is 34.0 Å². The van der Waals surface area contributed by atoms with Crippen LogP contribution in [0, 0.1) is 6.92 Å². The van der Waals surface area contributed by atoms with Crippen LogP contribution in [0.1, 0.15) is 12.5 Å². The summed E-state index contributed by atoms with van der Waals surface area (Å²) < 4.78 is 41.6. The van der Waals surface area contributed by atoms with Gasteiger partial charge in [0, 0.05) is 20.2 Å². The molecular formula is C20H24N4O6S. The molecule has 2 aromatic carbocycles. The number of aromatic nitrogens is 2. The number of hydrogen-bond acceptors (Lipinski definition) is 6. The van der Waals surface area contributed by atoms with Crippen molar-refractivity contribution in [2.75, 3.05) is 23.8 Å². The number of aryl methyl sites for hydroxylation is 3. The first-order chi connectivity index (χ1) is 14.6. The molecule has 3 aromatic rings. The molecule has 1 amide bonds. The lowest BCUT2D eigenvalue weighted by molar-refractivity contribution is 0.168. The van der Waals surface area contributed by atoms with Crippen molar-refractivity contribution in [2.45, 2.75) is 18.7 Å². The summed E-state index contributed by atoms with van der Waals surface area (Å²) in [5, 5.41) is 2.53. The number of methoxy groups -OCH3 is 1. The van der Waals surface area contributed by atoms with Gasteiger partial charge in [0.25, 0.3) is 10.0 Å². The van der Waals surface area contributed by atoms with Crippen LogP contribution in [0.5, 0.6) is 5.75 Å². The third kappa shape index (κ3) is 4.22. The third-order valence-corrected chi connectivity index (χ3v) is 6.35. The summed E-state index contributed by atoms with van der Waals surface area (Å²) in [6, 6.07) is 7.59. The zero-order valence-corrected chi connectivity index (χ0v) is 18.7. The molecule has 0 aliphatic rings. The van der Waals surface area contributed by atoms with E-state index < -0.39 is 16.1 Å². The molecule has 0 unspecified atom stereocenters. The maximum Gasteiger partial charge on any atom is 0.411 e. The van der Waals surface area contributed by atoms with Gasteiger partial charge in [-0.25, -0.2) is 18.0 Å². The molecule has 0 saturated carbocycles. The lowest BCUT2D eigenvalue weighted by Gasteiger charge is -2.14. The van der Waals surface area contributed by atoms with E-state index in [4.69, 9.17) is 9.47 Å². The van der Waals surface area contributed by atoms with Crippen LogP contribution in [0.25, 0.3) is 11.0 Å². The smallest absolute Gasteiger partial charge is 0.411 e. The van der Waals surface area contributed by atoms with Crippen molar-refractivity contribution in [3.63, 3.8) is 0 Å². The Labute approximate surface area is 179 Å². The number of nitrogens with zero attached hydrogens (tertiary/aromatic N) is 2. The number of anilines is 2. The number of ether oxygens (including phenoxy) is 2. The quantitative estimate of drug-likeness (QED) is 0.598. The van der Waals surface area contributed by atoms with Crippen molar-refractivity contribution in [1.82, 2.24) is 9.13 Å². The second-order valence-corrected chi connectivity index (χ2v) is 8.52. The minimum atomic E-state index is -3.97. The molecule has 2 N–H and O–H groups in total. The number of imidazole rings is 1. The van der Waals surface area contributed by atoms with Gasteiger partial charge in [0.15, 0.2) is 0 Å². The molecule has 0 atom stereocenters. The Morgan fingerprint density at radius 2 is 1.74 bits per heavy atom. The van der Waals surface area contributed by atoms with E-state index in [1.165, 1.54) is 40.5 Å². The number of benzene rings is 2. The third-order valence-electron chi connectivity index (χ3n) is 4.82. The number of carbonyl (C=O) groups excluding carboxylic acids is 1. The van der Waals surface area contributed by atoms with Crippen molar-refractivity contribution in [3.05, 3.63) is 46.4 Å². The highest BCUT2D eigenvalue weighted by Crippen LogP contribution is 2.30. The highest BCUT2D eigenvalue weighted by atomic mass is 32.2. The predicted molar refractivity (Wildman–Crippen MR) is 117 cm³/mol. The average molecular weight is 449 g/mol. The van der Waals surface area contributed by atoms with E-state index >= 15 is 0 Å². The standard InChI is InChI=1S/C20H24N4O6S/c1-6-30-19(25)21-14-8-7-13(10-17(14)29-5)22-31(27,28)18-11-16-15(9-12(18)2)23(3)20(26)24(16)4/h7-11,22H,6H2,1-5H3,(H,21,25). The molecule has 31 heavy (non-hydrogen) atoms. The lowest BCUT2D eigenvalue weighted by Crippen LogP contribution is -2.19. The number of fused-ring (bicyclic) bond motifs is 1. The van der Waals surface area contributed by atoms with Crippen LogP contribution in [0.2, 0.25) is 0 Å². The fourth-order valence-electron chi connectivity index (χ4n) is 3.27. The first-order valence-electron chi connectivity index (χ1n) is 9.39. The molecule has 0 aliphatic heterocycles. The monoisotopic (exact) mass is 448 g/mol. The fraction of sp³-hybridized carbons (Fsp3) is 0.300. The number of nitrogens with one attached hydrogen (secondary N) is 2. The Morgan fingerprint density at radius 1 is 1.10 bits per heavy atom. The van der Waals surface area contributed by atoms with E-state index in [-0.39, 0.29) is 28.6 Å². The Balaban J connectivity index is 1.97. The van der Waals surface area contributed by atoms with Gasteiger partial charge >= 0.3 is 11.8 Å². The normalized spacial score (nSPS) is 11.4. The molecule has 0 bridgehead atoms. The largest absolute Gasteiger partial charge is 0.494 e. The molecule has 3 rings (SSSR count). The second-order valence-electron chi connectivity index (χ2n) is 6.87. The van der Waals surface area contributed by atoms with Gasteiger partial charge in [0.2, 0.25) is 0 Å². The number of sulfonamides is 1. The van der Waals surface area contributed by atoms with Gasteiger partial charge in [0.05, 0.1) is 41.0 Å². The molecule has 10 nitrogen and oxygen atoms in total. The van der Waals surface area contributed by atoms with Gasteiger partial charge in [-0.3, -0.25) is 19.2 Å². The minimum Gasteiger partial charge on any atom is -0.494 e. The summed E-state index contributed by atoms with van der Waals surface area (Å²) in [6.07, 6.45) is -0.647. The highest BCUT2D eigenvalue weighted by molar-refractivity contribution is 7.92. The maximum atomic E-state index is 13.1. The molecule has 0 aliphatic carbocycles. The SMILES string of the molecule is CCOC(=O)Nc1ccc(NS(=O)(=O)c2cc3c(cc2C)n(C)c(=O)n3C)cc1OC. The van der Waals surface area contributed by atoms with Crippen LogP contribution in [0.15, 0.2) is 40.0 Å². The van der Waals surface area contributed by atoms with Gasteiger partial charge in [0.1, 0.15) is 5.75 Å². The summed E-state index contributed by atoms with van der Waals surface area (Å²) in [7, 11) is 0.654. The molecule has 0 saturated heterocycles. The van der Waals surface area contributed by atoms with Crippen molar-refractivity contribution in [3.8, 4) is 5.75 Å². The molecule has 0 spiro atoms. The lowest BCUT2D eigenvalue weighted by atomic mass is 10.2. The summed E-state index contributed by atoms with van der Waals surface area (Å²) >= 11 is 0. The van der Waals surface area contributed by atoms with Gasteiger partial charge < -0.3 is 9.47 Å². The van der Waals surface area contributed by atoms with E-state index in [0.717, 1.165) is 0 Å². The van der Waals surface area contributed by atoms with E-state index in [0.29, 0.717) is 22.3 Å². The summed E-state index contributed by atoms with van der Waals surface area (Å²) in [4.78, 5) is 23.9. The molecule has 0 fully saturated rings. The zero-order chi connectivity index (χ0) is 22.9. The predicted octanol–water partition coefficient (Wildman–Crippen LogP) is 2.56. The van der Waals surface area contributed by atoms with Crippen LogP contribution in [0.4, 0.5) is 16.2 Å². The average Bonchev–Trinajstić information content (AvgIpc) is 2.92. The summed E-state index contributed by atoms with van der Waals surface area (Å²) in [5.41, 5.74) is 1.97. The molecule has 1 heterocycles. The molecule has 11 heteroatoms. The topological polar surface area (TPSA) is 121 Å². The maximum absolute atomic E-state index is 13.1. The van der Waals surface area contributed by atoms with Crippen molar-refractivity contribution < 1.29 is 22.7 Å².